The highest BCUT2D eigenvalue weighted by molar-refractivity contribution is 7.11. The molecule has 1 aliphatic rings. The van der Waals surface area contributed by atoms with E-state index in [0.29, 0.717) is 17.2 Å². The van der Waals surface area contributed by atoms with Crippen LogP contribution in [-0.2, 0) is 0 Å². The van der Waals surface area contributed by atoms with Gasteiger partial charge in [-0.25, -0.2) is 9.36 Å². The van der Waals surface area contributed by atoms with Gasteiger partial charge < -0.3 is 14.6 Å². The average molecular weight is 422 g/mol. The average Bonchev–Trinajstić information content (AvgIpc) is 3.44. The van der Waals surface area contributed by atoms with Crippen molar-refractivity contribution < 1.29 is 8.83 Å². The summed E-state index contributed by atoms with van der Waals surface area (Å²) in [4.78, 5) is 19.0. The summed E-state index contributed by atoms with van der Waals surface area (Å²) in [6.45, 7) is 3.93. The van der Waals surface area contributed by atoms with Crippen LogP contribution in [0.4, 0.5) is 6.01 Å². The molecule has 0 bridgehead atoms. The second-order valence-electron chi connectivity index (χ2n) is 6.70. The van der Waals surface area contributed by atoms with Gasteiger partial charge in [-0.2, -0.15) is 10.2 Å². The van der Waals surface area contributed by atoms with Gasteiger partial charge in [-0.15, -0.1) is 22.7 Å². The summed E-state index contributed by atoms with van der Waals surface area (Å²) < 4.78 is 12.8. The number of nitrogens with two attached hydrogens (primary N) is 1. The number of hydrogen-bond acceptors (Lipinski definition) is 8. The van der Waals surface area contributed by atoms with E-state index in [1.54, 1.807) is 6.08 Å². The molecule has 0 saturated carbocycles. The molecule has 7 nitrogen and oxygen atoms in total. The van der Waals surface area contributed by atoms with Crippen LogP contribution in [0, 0.1) is 25.2 Å². The van der Waals surface area contributed by atoms with Crippen LogP contribution < -0.4 is 22.3 Å². The maximum atomic E-state index is 12.8. The molecule has 0 aromatic carbocycles. The molecule has 0 saturated heterocycles. The topological polar surface area (TPSA) is 111 Å². The molecule has 29 heavy (non-hydrogen) atoms. The van der Waals surface area contributed by atoms with E-state index in [0.717, 1.165) is 20.9 Å². The monoisotopic (exact) mass is 422 g/mol. The predicted octanol–water partition coefficient (Wildman–Crippen LogP) is 2.39. The molecule has 0 radical (unpaired) electrons. The van der Waals surface area contributed by atoms with Gasteiger partial charge in [0.2, 0.25) is 11.4 Å². The maximum absolute atomic E-state index is 12.8. The summed E-state index contributed by atoms with van der Waals surface area (Å²) in [6, 6.07) is 6.14. The Labute approximate surface area is 172 Å². The number of oxazole rings is 2. The van der Waals surface area contributed by atoms with Crippen molar-refractivity contribution in [2.45, 2.75) is 19.8 Å². The van der Waals surface area contributed by atoms with Crippen LogP contribution in [0.2, 0.25) is 0 Å². The second-order valence-corrected chi connectivity index (χ2v) is 8.59. The number of hydrogen-bond donors (Lipinski definition) is 1. The van der Waals surface area contributed by atoms with Crippen LogP contribution in [0.5, 0.6) is 0 Å². The molecular formula is C20H14N4O3S2. The lowest BCUT2D eigenvalue weighted by atomic mass is 9.91. The largest absolute Gasteiger partial charge is 0.406 e. The van der Waals surface area contributed by atoms with Crippen LogP contribution in [-0.4, -0.2) is 9.55 Å². The normalized spacial score (nSPS) is 16.0. The van der Waals surface area contributed by atoms with E-state index in [9.17, 15) is 10.1 Å². The van der Waals surface area contributed by atoms with Crippen molar-refractivity contribution >= 4 is 40.3 Å². The fourth-order valence-corrected chi connectivity index (χ4v) is 5.43. The van der Waals surface area contributed by atoms with Crippen LogP contribution in [0.1, 0.15) is 32.5 Å². The first-order chi connectivity index (χ1) is 14.0. The molecule has 0 fully saturated rings. The molecule has 1 aliphatic heterocycles. The van der Waals surface area contributed by atoms with Crippen molar-refractivity contribution in [3.8, 4) is 12.0 Å². The van der Waals surface area contributed by atoms with E-state index in [1.807, 2.05) is 36.7 Å². The molecule has 0 aliphatic carbocycles. The van der Waals surface area contributed by atoms with Gasteiger partial charge in [0.15, 0.2) is 0 Å². The van der Waals surface area contributed by atoms with Gasteiger partial charge in [0.25, 0.3) is 6.01 Å². The number of nitrogens with zero attached hydrogens (tertiary/aromatic N) is 3. The van der Waals surface area contributed by atoms with Crippen LogP contribution >= 0.6 is 22.7 Å². The number of thiophene rings is 2. The Kier molecular flexibility index (Phi) is 3.87. The first kappa shape index (κ1) is 17.7. The van der Waals surface area contributed by atoms with Crippen molar-refractivity contribution in [2.24, 2.45) is 0 Å². The number of aromatic nitrogens is 2. The summed E-state index contributed by atoms with van der Waals surface area (Å²) in [5, 5.41) is 14.1. The minimum Gasteiger partial charge on any atom is -0.406 e. The molecule has 9 heteroatoms. The fourth-order valence-electron chi connectivity index (χ4n) is 3.54. The molecule has 4 aromatic rings. The predicted molar refractivity (Wildman–Crippen MR) is 111 cm³/mol. The Hall–Kier alpha value is -3.35. The molecule has 5 rings (SSSR count). The van der Waals surface area contributed by atoms with Crippen molar-refractivity contribution in [2.75, 3.05) is 5.73 Å². The standard InChI is InChI=1S/C20H14N4O3S2/c1-9-3-5-28-13(9)7-12-19(25)26-17-11(8-21)14(16-10(2)4-6-29-16)15-18(24(12)17)27-20(22)23-15/h3-7,14H,1-2H3,(H2,22,23)/b12-7+. The number of aryl methyl sites for hydroxylation is 2. The van der Waals surface area contributed by atoms with E-state index in [-0.39, 0.29) is 16.9 Å². The van der Waals surface area contributed by atoms with Crippen molar-refractivity contribution in [1.82, 2.24) is 9.55 Å². The van der Waals surface area contributed by atoms with E-state index >= 15 is 0 Å². The number of nitriles is 1. The highest BCUT2D eigenvalue weighted by Crippen LogP contribution is 2.41. The zero-order valence-electron chi connectivity index (χ0n) is 15.4. The Morgan fingerprint density at radius 3 is 2.66 bits per heavy atom. The summed E-state index contributed by atoms with van der Waals surface area (Å²) in [7, 11) is 0. The van der Waals surface area contributed by atoms with Crippen LogP contribution in [0.15, 0.2) is 36.5 Å². The first-order valence-corrected chi connectivity index (χ1v) is 10.5. The molecule has 5 heterocycles. The number of nitrogen functional groups attached to an aromatic ring is 1. The van der Waals surface area contributed by atoms with Gasteiger partial charge >= 0.3 is 5.63 Å². The molecule has 4 aromatic heterocycles. The second kappa shape index (κ2) is 6.34. The fraction of sp³-hybridized carbons (Fsp3) is 0.150. The highest BCUT2D eigenvalue weighted by Gasteiger charge is 2.37. The lowest BCUT2D eigenvalue weighted by Gasteiger charge is -2.18. The summed E-state index contributed by atoms with van der Waals surface area (Å²) >= 11 is 3.02. The number of anilines is 1. The molecule has 1 atom stereocenters. The molecule has 1 unspecified atom stereocenters. The summed E-state index contributed by atoms with van der Waals surface area (Å²) in [5.41, 5.74) is 8.33. The zero-order chi connectivity index (χ0) is 20.3. The minimum absolute atomic E-state index is 0.0289. The smallest absolute Gasteiger partial charge is 0.362 e. The third-order valence-electron chi connectivity index (χ3n) is 4.94. The Bertz CT molecular complexity index is 1490. The zero-order valence-corrected chi connectivity index (χ0v) is 17.1. The molecule has 2 N–H and O–H groups in total. The van der Waals surface area contributed by atoms with Crippen LogP contribution in [0.3, 0.4) is 0 Å². The van der Waals surface area contributed by atoms with Crippen molar-refractivity contribution in [3.05, 3.63) is 70.8 Å². The highest BCUT2D eigenvalue weighted by atomic mass is 32.1. The quantitative estimate of drug-likeness (QED) is 0.531. The van der Waals surface area contributed by atoms with Gasteiger partial charge in [0, 0.05) is 9.75 Å². The van der Waals surface area contributed by atoms with E-state index in [4.69, 9.17) is 14.6 Å². The van der Waals surface area contributed by atoms with Gasteiger partial charge in [-0.1, -0.05) is 0 Å². The van der Waals surface area contributed by atoms with Crippen molar-refractivity contribution in [1.29, 1.82) is 5.26 Å². The lowest BCUT2D eigenvalue weighted by molar-refractivity contribution is 0.455. The SMILES string of the molecule is Cc1ccsc1/C=c1\c(=O)oc2n1-c1oc(N)nc1C(c1sccc1C)C=2C#N. The first-order valence-electron chi connectivity index (χ1n) is 8.72. The number of fused-ring (bicyclic) bond motifs is 3. The summed E-state index contributed by atoms with van der Waals surface area (Å²) in [5.74, 6) is -0.196. The van der Waals surface area contributed by atoms with Gasteiger partial charge in [0.05, 0.1) is 5.92 Å². The number of rotatable bonds is 2. The van der Waals surface area contributed by atoms with Crippen LogP contribution in [0.25, 0.3) is 17.5 Å². The Morgan fingerprint density at radius 2 is 2.00 bits per heavy atom. The van der Waals surface area contributed by atoms with E-state index < -0.39 is 11.5 Å². The minimum atomic E-state index is -0.551. The third kappa shape index (κ3) is 2.53. The van der Waals surface area contributed by atoms with E-state index in [1.165, 1.54) is 27.2 Å². The summed E-state index contributed by atoms with van der Waals surface area (Å²) in [6.07, 6.45) is 1.74. The van der Waals surface area contributed by atoms with Crippen molar-refractivity contribution in [3.63, 3.8) is 0 Å². The Balaban J connectivity index is 1.94. The molecule has 0 amide bonds. The molecule has 144 valence electrons. The van der Waals surface area contributed by atoms with E-state index in [2.05, 4.69) is 11.1 Å². The third-order valence-corrected chi connectivity index (χ3v) is 6.99. The van der Waals surface area contributed by atoms with Gasteiger partial charge in [0.1, 0.15) is 22.7 Å². The molecule has 0 spiro atoms. The Morgan fingerprint density at radius 1 is 1.24 bits per heavy atom. The van der Waals surface area contributed by atoms with Gasteiger partial charge in [-0.3, -0.25) is 0 Å². The maximum Gasteiger partial charge on any atom is 0.362 e. The molecular weight excluding hydrogens is 408 g/mol. The lowest BCUT2D eigenvalue weighted by Crippen LogP contribution is -2.35. The van der Waals surface area contributed by atoms with Gasteiger partial charge in [-0.05, 0) is 53.9 Å².